The number of hydrogen-bond acceptors (Lipinski definition) is 14. The molecule has 5 unspecified atom stereocenters. The number of aliphatic hydroxyl groups excluding tert-OH is 2. The third-order valence-corrected chi connectivity index (χ3v) is 22.9. The van der Waals surface area contributed by atoms with Gasteiger partial charge in [-0.15, -0.1) is 0 Å². The summed E-state index contributed by atoms with van der Waals surface area (Å²) in [5.74, 6) is -1.57. The highest BCUT2D eigenvalue weighted by Gasteiger charge is 2.30. The van der Waals surface area contributed by atoms with E-state index in [1.807, 2.05) is 0 Å². The van der Waals surface area contributed by atoms with Crippen molar-refractivity contribution in [2.75, 3.05) is 39.6 Å². The second-order valence-corrected chi connectivity index (χ2v) is 35.7. The number of aliphatic hydroxyl groups is 2. The molecule has 0 aliphatic carbocycles. The molecule has 0 aliphatic heterocycles. The summed E-state index contributed by atoms with van der Waals surface area (Å²) in [7, 11) is -9.81. The molecule has 0 heterocycles. The number of phosphoric ester groups is 2. The Bertz CT molecular complexity index is 2780. The molecule has 0 saturated heterocycles. The number of carbonyl (C=O) groups excluding carboxylic acids is 3. The highest BCUT2D eigenvalue weighted by molar-refractivity contribution is 7.47. The third kappa shape index (κ3) is 95.9. The van der Waals surface area contributed by atoms with Crippen molar-refractivity contribution in [3.8, 4) is 0 Å². The smallest absolute Gasteiger partial charge is 0.463 e. The molecule has 0 aromatic heterocycles. The number of ether oxygens (including phenoxy) is 3. The van der Waals surface area contributed by atoms with E-state index in [0.717, 1.165) is 154 Å². The van der Waals surface area contributed by atoms with Gasteiger partial charge >= 0.3 is 33.6 Å². The summed E-state index contributed by atoms with van der Waals surface area (Å²) in [5, 5.41) is 20.8. The lowest BCUT2D eigenvalue weighted by atomic mass is 10.0. The molecule has 5 atom stereocenters. The van der Waals surface area contributed by atoms with Crippen molar-refractivity contribution in [1.82, 2.24) is 0 Å². The van der Waals surface area contributed by atoms with Gasteiger partial charge < -0.3 is 34.2 Å². The van der Waals surface area contributed by atoms with Gasteiger partial charge in [-0.2, -0.15) is 0 Å². The lowest BCUT2D eigenvalue weighted by molar-refractivity contribution is -0.161. The molecule has 0 amide bonds. The van der Waals surface area contributed by atoms with Gasteiger partial charge in [0, 0.05) is 19.3 Å². The van der Waals surface area contributed by atoms with Crippen LogP contribution in [0.4, 0.5) is 0 Å². The Labute approximate surface area is 740 Å². The number of allylic oxidation sites excluding steroid dienone is 24. The highest BCUT2D eigenvalue weighted by atomic mass is 31.2. The number of unbranched alkanes of at least 4 members (excludes halogenated alkanes) is 46. The molecule has 0 spiro atoms. The van der Waals surface area contributed by atoms with Gasteiger partial charge in [0.15, 0.2) is 6.10 Å². The molecule has 0 bridgehead atoms. The Morgan fingerprint density at radius 3 is 0.694 bits per heavy atom. The highest BCUT2D eigenvalue weighted by Crippen LogP contribution is 2.45. The topological polar surface area (TPSA) is 231 Å². The van der Waals surface area contributed by atoms with Crippen LogP contribution in [0.15, 0.2) is 146 Å². The maximum atomic E-state index is 13.1. The normalized spacial score (nSPS) is 14.3. The van der Waals surface area contributed by atoms with Crippen molar-refractivity contribution in [3.63, 3.8) is 0 Å². The zero-order chi connectivity index (χ0) is 87.9. The fourth-order valence-electron chi connectivity index (χ4n) is 13.7. The Hall–Kier alpha value is -4.57. The first kappa shape index (κ1) is 116. The number of carbonyl (C=O) groups is 3. The molecular formula is C103H180O16P2. The summed E-state index contributed by atoms with van der Waals surface area (Å²) in [4.78, 5) is 59.0. The number of rotatable bonds is 93. The van der Waals surface area contributed by atoms with Crippen LogP contribution in [0.5, 0.6) is 0 Å². The van der Waals surface area contributed by atoms with Crippen molar-refractivity contribution in [3.05, 3.63) is 146 Å². The van der Waals surface area contributed by atoms with E-state index in [1.54, 1.807) is 0 Å². The van der Waals surface area contributed by atoms with Crippen LogP contribution in [0.25, 0.3) is 0 Å². The minimum Gasteiger partial charge on any atom is -0.463 e. The standard InChI is InChI=1S/C103H180O16P2/c1-4-7-10-13-16-19-22-25-28-31-33-35-37-39-41-43-45-47-48-50-52-53-55-57-59-61-63-66-68-71-74-77-80-83-86-89-101(106)113-92-98(104)93-115-120(109,110)116-94-99(105)95-117-121(111,112)118-97-100(119-103(108)91-88-85-82-79-76-73-70-65-30-27-24-21-18-15-12-9-6-3)96-114-102(107)90-87-84-81-78-75-72-69-67-64-62-60-58-56-54-51-49-46-44-42-40-38-36-34-32-29-26-23-20-17-14-11-8-5-2/h7,9-10,12,16-21,25-30,33-36,39-42,98-100,104-105H,4-6,8,11,13-15,22-24,31-32,37-38,43-97H2,1-3H3,(H,109,110)(H,111,112)/b10-7-,12-9-,19-16-,20-17-,21-18-,28-25-,29-26-,30-27-,35-33-,36-34-,41-39-,42-40-. The van der Waals surface area contributed by atoms with Gasteiger partial charge in [0.05, 0.1) is 26.4 Å². The van der Waals surface area contributed by atoms with Crippen LogP contribution >= 0.6 is 15.6 Å². The lowest BCUT2D eigenvalue weighted by Crippen LogP contribution is -2.30. The first-order valence-electron chi connectivity index (χ1n) is 49.1. The molecule has 0 saturated carbocycles. The molecule has 0 rings (SSSR count). The maximum absolute atomic E-state index is 13.1. The van der Waals surface area contributed by atoms with Crippen LogP contribution < -0.4 is 0 Å². The minimum absolute atomic E-state index is 0.0933. The van der Waals surface area contributed by atoms with E-state index in [4.69, 9.17) is 32.3 Å². The Balaban J connectivity index is 4.44. The Kier molecular flexibility index (Phi) is 91.0. The van der Waals surface area contributed by atoms with Crippen LogP contribution in [0, 0.1) is 0 Å². The quantitative estimate of drug-likeness (QED) is 0.0146. The first-order valence-corrected chi connectivity index (χ1v) is 52.1. The lowest BCUT2D eigenvalue weighted by Gasteiger charge is -2.21. The van der Waals surface area contributed by atoms with E-state index in [2.05, 4.69) is 167 Å². The third-order valence-electron chi connectivity index (χ3n) is 21.0. The summed E-state index contributed by atoms with van der Waals surface area (Å²) in [6.07, 6.45) is 121. The van der Waals surface area contributed by atoms with Crippen molar-refractivity contribution in [2.45, 2.75) is 450 Å². The van der Waals surface area contributed by atoms with E-state index in [-0.39, 0.29) is 19.3 Å². The molecular weight excluding hydrogens is 1560 g/mol. The largest absolute Gasteiger partial charge is 0.472 e. The zero-order valence-electron chi connectivity index (χ0n) is 77.2. The maximum Gasteiger partial charge on any atom is 0.472 e. The van der Waals surface area contributed by atoms with Crippen molar-refractivity contribution in [1.29, 1.82) is 0 Å². The molecule has 0 aliphatic rings. The second kappa shape index (κ2) is 94.6. The van der Waals surface area contributed by atoms with Gasteiger partial charge in [-0.1, -0.05) is 417 Å². The van der Waals surface area contributed by atoms with Crippen molar-refractivity contribution >= 4 is 33.6 Å². The number of esters is 3. The molecule has 0 aromatic rings. The van der Waals surface area contributed by atoms with Gasteiger partial charge in [0.25, 0.3) is 0 Å². The van der Waals surface area contributed by atoms with E-state index in [9.17, 15) is 43.5 Å². The Morgan fingerprint density at radius 2 is 0.438 bits per heavy atom. The van der Waals surface area contributed by atoms with Crippen LogP contribution in [0.2, 0.25) is 0 Å². The monoisotopic (exact) mass is 1740 g/mol. The summed E-state index contributed by atoms with van der Waals surface area (Å²) < 4.78 is 61.5. The predicted molar refractivity (Wildman–Crippen MR) is 509 cm³/mol. The van der Waals surface area contributed by atoms with Gasteiger partial charge in [0.2, 0.25) is 0 Å². The summed E-state index contributed by atoms with van der Waals surface area (Å²) in [6, 6.07) is 0. The van der Waals surface area contributed by atoms with Gasteiger partial charge in [-0.05, 0) is 141 Å². The molecule has 16 nitrogen and oxygen atoms in total. The van der Waals surface area contributed by atoms with E-state index in [0.29, 0.717) is 19.3 Å². The van der Waals surface area contributed by atoms with Gasteiger partial charge in [-0.25, -0.2) is 9.13 Å². The molecule has 121 heavy (non-hydrogen) atoms. The molecule has 0 aromatic carbocycles. The fourth-order valence-corrected chi connectivity index (χ4v) is 15.2. The molecule has 698 valence electrons. The summed E-state index contributed by atoms with van der Waals surface area (Å²) in [5.41, 5.74) is 0. The van der Waals surface area contributed by atoms with Gasteiger partial charge in [-0.3, -0.25) is 32.5 Å². The second-order valence-electron chi connectivity index (χ2n) is 32.8. The SMILES string of the molecule is CC/C=C\C/C=C\C/C=C\C/C=C\C/C=C\CCCCCCCCCCCCCCCCCCCCCC(=O)OCC(O)COP(=O)(O)OCC(O)COP(=O)(O)OCC(COC(=O)CCCCCCCCCCCCCCCCCCC/C=C\C/C=C\C/C=C\C/C=C\CCCCC)OC(=O)CCCCCCCCC/C=C\C/C=C\C/C=C\CC. The average Bonchev–Trinajstić information content (AvgIpc) is 0.896. The summed E-state index contributed by atoms with van der Waals surface area (Å²) in [6.45, 7) is 2.49. The van der Waals surface area contributed by atoms with E-state index in [1.165, 1.54) is 218 Å². The van der Waals surface area contributed by atoms with E-state index < -0.39 is 91.5 Å². The zero-order valence-corrected chi connectivity index (χ0v) is 79.0. The predicted octanol–water partition coefficient (Wildman–Crippen LogP) is 30.7. The van der Waals surface area contributed by atoms with Crippen LogP contribution in [-0.2, 0) is 55.8 Å². The minimum atomic E-state index is -4.94. The number of phosphoric acid groups is 2. The number of hydrogen-bond donors (Lipinski definition) is 4. The van der Waals surface area contributed by atoms with E-state index >= 15 is 0 Å². The fraction of sp³-hybridized carbons (Fsp3) is 0.738. The molecule has 4 N–H and O–H groups in total. The Morgan fingerprint density at radius 1 is 0.240 bits per heavy atom. The molecule has 0 fully saturated rings. The average molecular weight is 1740 g/mol. The molecule has 0 radical (unpaired) electrons. The van der Waals surface area contributed by atoms with Crippen LogP contribution in [0.1, 0.15) is 432 Å². The van der Waals surface area contributed by atoms with Gasteiger partial charge in [0.1, 0.15) is 25.4 Å². The van der Waals surface area contributed by atoms with Crippen LogP contribution in [0.3, 0.4) is 0 Å². The first-order chi connectivity index (χ1) is 59.2. The van der Waals surface area contributed by atoms with Crippen molar-refractivity contribution in [2.24, 2.45) is 0 Å². The summed E-state index contributed by atoms with van der Waals surface area (Å²) >= 11 is 0. The van der Waals surface area contributed by atoms with Crippen molar-refractivity contribution < 1.29 is 75.8 Å². The van der Waals surface area contributed by atoms with Crippen LogP contribution in [-0.4, -0.2) is 95.9 Å². The molecule has 18 heteroatoms.